The molecule has 0 amide bonds. The highest BCUT2D eigenvalue weighted by Gasteiger charge is 2.31. The van der Waals surface area contributed by atoms with Gasteiger partial charge in [-0.2, -0.15) is 0 Å². The second-order valence-electron chi connectivity index (χ2n) is 5.65. The highest BCUT2D eigenvalue weighted by molar-refractivity contribution is 5.49. The van der Waals surface area contributed by atoms with Crippen LogP contribution in [0, 0.1) is 0 Å². The molecule has 5 nitrogen and oxygen atoms in total. The van der Waals surface area contributed by atoms with Crippen LogP contribution in [0.3, 0.4) is 0 Å². The van der Waals surface area contributed by atoms with E-state index in [0.29, 0.717) is 18.3 Å². The summed E-state index contributed by atoms with van der Waals surface area (Å²) in [5.41, 5.74) is 2.64. The zero-order chi connectivity index (χ0) is 12.7. The van der Waals surface area contributed by atoms with Crippen LogP contribution < -0.4 is 4.90 Å². The van der Waals surface area contributed by atoms with Gasteiger partial charge in [-0.3, -0.25) is 0 Å². The molecule has 0 saturated carbocycles. The van der Waals surface area contributed by atoms with Crippen molar-refractivity contribution in [3.8, 4) is 0 Å². The molecule has 2 N–H and O–H groups in total. The Morgan fingerprint density at radius 2 is 1.55 bits per heavy atom. The van der Waals surface area contributed by atoms with Crippen LogP contribution in [0.5, 0.6) is 0 Å². The monoisotopic (exact) mass is 279 g/mol. The Morgan fingerprint density at radius 1 is 0.950 bits per heavy atom. The van der Waals surface area contributed by atoms with Gasteiger partial charge in [-0.1, -0.05) is 12.1 Å². The van der Waals surface area contributed by atoms with Crippen LogP contribution in [0.25, 0.3) is 0 Å². The Kier molecular flexibility index (Phi) is 3.94. The highest BCUT2D eigenvalue weighted by Crippen LogP contribution is 2.25. The molecule has 0 aromatic heterocycles. The number of anilines is 1. The maximum atomic E-state index is 5.36. The molecule has 0 bridgehead atoms. The lowest BCUT2D eigenvalue weighted by molar-refractivity contribution is 0.389. The second kappa shape index (κ2) is 5.69. The smallest absolute Gasteiger partial charge is 0.0984 e. The van der Waals surface area contributed by atoms with Crippen molar-refractivity contribution in [2.75, 3.05) is 37.8 Å². The van der Waals surface area contributed by atoms with Gasteiger partial charge in [0.1, 0.15) is 0 Å². The molecule has 1 aromatic carbocycles. The minimum Gasteiger partial charge on any atom is -0.412 e. The summed E-state index contributed by atoms with van der Waals surface area (Å²) in [4.78, 5) is 2.40. The van der Waals surface area contributed by atoms with E-state index in [2.05, 4.69) is 29.2 Å². The second-order valence-corrected chi connectivity index (χ2v) is 5.65. The summed E-state index contributed by atoms with van der Waals surface area (Å²) in [7, 11) is 0. The predicted molar refractivity (Wildman–Crippen MR) is 75.2 cm³/mol. The molecule has 3 aliphatic heterocycles. The number of nitrogens with zero attached hydrogens (tertiary/aromatic N) is 1. The quantitative estimate of drug-likeness (QED) is 0.678. The molecule has 3 unspecified atom stereocenters. The summed E-state index contributed by atoms with van der Waals surface area (Å²) in [5.74, 6) is 0. The van der Waals surface area contributed by atoms with E-state index in [1.165, 1.54) is 11.3 Å². The zero-order valence-electron chi connectivity index (χ0n) is 11.5. The maximum Gasteiger partial charge on any atom is 0.0984 e. The van der Waals surface area contributed by atoms with Crippen LogP contribution in [-0.4, -0.2) is 56.7 Å². The van der Waals surface area contributed by atoms with Crippen LogP contribution in [0.15, 0.2) is 24.3 Å². The molecule has 1 aromatic rings. The number of benzene rings is 1. The fourth-order valence-corrected chi connectivity index (χ4v) is 2.45. The van der Waals surface area contributed by atoms with Crippen LogP contribution in [0.1, 0.15) is 5.56 Å². The molecule has 0 aliphatic carbocycles. The van der Waals surface area contributed by atoms with Gasteiger partial charge in [-0.05, 0) is 17.7 Å². The maximum absolute atomic E-state index is 5.36. The first kappa shape index (κ1) is 13.8. The van der Waals surface area contributed by atoms with E-state index in [0.717, 1.165) is 39.3 Å². The van der Waals surface area contributed by atoms with Crippen molar-refractivity contribution in [3.05, 3.63) is 29.8 Å². The minimum atomic E-state index is 0. The minimum absolute atomic E-state index is 0. The zero-order valence-corrected chi connectivity index (χ0v) is 11.5. The Hall–Kier alpha value is -1.14. The van der Waals surface area contributed by atoms with Crippen molar-refractivity contribution in [1.82, 2.24) is 0 Å². The molecule has 3 atom stereocenters. The Bertz CT molecular complexity index is 441. The van der Waals surface area contributed by atoms with Crippen molar-refractivity contribution in [2.24, 2.45) is 0 Å². The summed E-state index contributed by atoms with van der Waals surface area (Å²) in [6.07, 6.45) is 2.30. The molecule has 5 heteroatoms. The molecular formula is C15H21NO4. The Labute approximate surface area is 118 Å². The van der Waals surface area contributed by atoms with Crippen molar-refractivity contribution >= 4 is 5.69 Å². The molecular weight excluding hydrogens is 258 g/mol. The Balaban J connectivity index is 0.00000121. The summed E-state index contributed by atoms with van der Waals surface area (Å²) < 4.78 is 16.0. The molecule has 3 saturated heterocycles. The first-order valence-electron chi connectivity index (χ1n) is 7.05. The van der Waals surface area contributed by atoms with E-state index in [-0.39, 0.29) is 5.48 Å². The fourth-order valence-electron chi connectivity index (χ4n) is 2.45. The van der Waals surface area contributed by atoms with E-state index in [4.69, 9.17) is 14.2 Å². The van der Waals surface area contributed by atoms with Gasteiger partial charge in [-0.15, -0.1) is 0 Å². The molecule has 0 spiro atoms. The lowest BCUT2D eigenvalue weighted by Gasteiger charge is -2.23. The number of epoxide rings is 3. The van der Waals surface area contributed by atoms with Gasteiger partial charge >= 0.3 is 0 Å². The topological polar surface area (TPSA) is 72.3 Å². The third-order valence-electron chi connectivity index (χ3n) is 3.79. The van der Waals surface area contributed by atoms with Crippen LogP contribution in [-0.2, 0) is 20.6 Å². The SMILES string of the molecule is O.c1cc(CC2CO2)cc(N(CC2CO2)CC2CO2)c1. The number of hydrogen-bond donors (Lipinski definition) is 0. The van der Waals surface area contributed by atoms with E-state index in [1.807, 2.05) is 0 Å². The predicted octanol–water partition coefficient (Wildman–Crippen LogP) is 0.407. The van der Waals surface area contributed by atoms with E-state index in [1.54, 1.807) is 0 Å². The largest absolute Gasteiger partial charge is 0.412 e. The third kappa shape index (κ3) is 3.70. The average molecular weight is 279 g/mol. The standard InChI is InChI=1S/C15H19NO3.H2O/c1-2-11(5-13-8-17-13)4-12(3-1)16(6-14-9-18-14)7-15-10-19-15;/h1-4,13-15H,5-10H2;1H2. The number of ether oxygens (including phenoxy) is 3. The molecule has 3 heterocycles. The first-order chi connectivity index (χ1) is 9.37. The lowest BCUT2D eigenvalue weighted by Crippen LogP contribution is -2.31. The van der Waals surface area contributed by atoms with E-state index >= 15 is 0 Å². The average Bonchev–Trinajstić information content (AvgIpc) is 3.23. The molecule has 0 radical (unpaired) electrons. The first-order valence-corrected chi connectivity index (χ1v) is 7.05. The van der Waals surface area contributed by atoms with Gasteiger partial charge in [0.15, 0.2) is 0 Å². The van der Waals surface area contributed by atoms with Gasteiger partial charge < -0.3 is 24.6 Å². The normalized spacial score (nSPS) is 29.5. The molecule has 3 aliphatic rings. The molecule has 20 heavy (non-hydrogen) atoms. The summed E-state index contributed by atoms with van der Waals surface area (Å²) >= 11 is 0. The van der Waals surface area contributed by atoms with Crippen LogP contribution in [0.4, 0.5) is 5.69 Å². The number of rotatable bonds is 7. The summed E-state index contributed by atoms with van der Waals surface area (Å²) in [6.45, 7) is 4.67. The highest BCUT2D eigenvalue weighted by atomic mass is 16.6. The van der Waals surface area contributed by atoms with Crippen LogP contribution >= 0.6 is 0 Å². The fraction of sp³-hybridized carbons (Fsp3) is 0.600. The van der Waals surface area contributed by atoms with E-state index < -0.39 is 0 Å². The lowest BCUT2D eigenvalue weighted by atomic mass is 10.1. The molecule has 3 fully saturated rings. The summed E-state index contributed by atoms with van der Waals surface area (Å²) in [5, 5.41) is 0. The van der Waals surface area contributed by atoms with Gasteiger partial charge in [0, 0.05) is 25.2 Å². The molecule has 4 rings (SSSR count). The van der Waals surface area contributed by atoms with Crippen molar-refractivity contribution < 1.29 is 19.7 Å². The van der Waals surface area contributed by atoms with Gasteiger partial charge in [-0.25, -0.2) is 0 Å². The summed E-state index contributed by atoms with van der Waals surface area (Å²) in [6, 6.07) is 8.79. The molecule has 110 valence electrons. The van der Waals surface area contributed by atoms with Crippen LogP contribution in [0.2, 0.25) is 0 Å². The van der Waals surface area contributed by atoms with Gasteiger partial charge in [0.2, 0.25) is 0 Å². The number of hydrogen-bond acceptors (Lipinski definition) is 4. The van der Waals surface area contributed by atoms with Gasteiger partial charge in [0.25, 0.3) is 0 Å². The van der Waals surface area contributed by atoms with Gasteiger partial charge in [0.05, 0.1) is 38.1 Å². The van der Waals surface area contributed by atoms with Crippen molar-refractivity contribution in [1.29, 1.82) is 0 Å². The third-order valence-corrected chi connectivity index (χ3v) is 3.79. The van der Waals surface area contributed by atoms with E-state index in [9.17, 15) is 0 Å². The van der Waals surface area contributed by atoms with Crippen molar-refractivity contribution in [3.63, 3.8) is 0 Å². The Morgan fingerprint density at radius 3 is 2.10 bits per heavy atom. The van der Waals surface area contributed by atoms with Crippen molar-refractivity contribution in [2.45, 2.75) is 24.7 Å².